The Kier molecular flexibility index (Phi) is 13.5. The SMILES string of the molecule is CCCC(c1ccc(CCC(=O)N2CCN(Cc3c(OC)cc(-c4cn(C)c(=O)c(C)c4C)cc3OC)CC2)cc1)N(C)C(=O)C(C#N)=Cc1nccs1. The summed E-state index contributed by atoms with van der Waals surface area (Å²) >= 11 is 1.38. The van der Waals surface area contributed by atoms with E-state index in [1.807, 2.05) is 72.8 Å². The van der Waals surface area contributed by atoms with Crippen LogP contribution in [0.3, 0.4) is 0 Å². The number of hydrogen-bond donors (Lipinski definition) is 0. The quantitative estimate of drug-likeness (QED) is 0.108. The fourth-order valence-electron chi connectivity index (χ4n) is 7.02. The van der Waals surface area contributed by atoms with Crippen molar-refractivity contribution in [1.82, 2.24) is 24.3 Å². The molecule has 1 fully saturated rings. The van der Waals surface area contributed by atoms with Crippen LogP contribution in [-0.4, -0.2) is 83.5 Å². The zero-order valence-corrected chi connectivity index (χ0v) is 33.2. The average molecular weight is 751 g/mol. The van der Waals surface area contributed by atoms with E-state index in [9.17, 15) is 19.6 Å². The number of carbonyl (C=O) groups excluding carboxylic acids is 2. The summed E-state index contributed by atoms with van der Waals surface area (Å²) in [4.78, 5) is 49.1. The smallest absolute Gasteiger partial charge is 0.264 e. The van der Waals surface area contributed by atoms with Crippen molar-refractivity contribution in [2.45, 2.75) is 59.0 Å². The zero-order valence-electron chi connectivity index (χ0n) is 32.3. The third-order valence-electron chi connectivity index (χ3n) is 10.4. The Labute approximate surface area is 322 Å². The molecule has 284 valence electrons. The van der Waals surface area contributed by atoms with Gasteiger partial charge in [-0.15, -0.1) is 11.3 Å². The predicted octanol–water partition coefficient (Wildman–Crippen LogP) is 6.33. The van der Waals surface area contributed by atoms with Gasteiger partial charge in [0.15, 0.2) is 0 Å². The zero-order chi connectivity index (χ0) is 38.9. The number of hydrogen-bond acceptors (Lipinski definition) is 9. The lowest BCUT2D eigenvalue weighted by Crippen LogP contribution is -2.48. The molecule has 0 radical (unpaired) electrons. The molecule has 1 aliphatic heterocycles. The Morgan fingerprint density at radius 3 is 2.30 bits per heavy atom. The van der Waals surface area contributed by atoms with Gasteiger partial charge in [-0.25, -0.2) is 4.98 Å². The highest BCUT2D eigenvalue weighted by Gasteiger charge is 2.26. The van der Waals surface area contributed by atoms with Crippen molar-refractivity contribution in [1.29, 1.82) is 5.26 Å². The van der Waals surface area contributed by atoms with Crippen molar-refractivity contribution in [3.8, 4) is 28.7 Å². The Morgan fingerprint density at radius 1 is 1.06 bits per heavy atom. The molecule has 2 aromatic carbocycles. The number of thiazole rings is 1. The largest absolute Gasteiger partial charge is 0.496 e. The highest BCUT2D eigenvalue weighted by Crippen LogP contribution is 2.37. The number of amides is 2. The van der Waals surface area contributed by atoms with Crippen LogP contribution in [-0.2, 0) is 29.6 Å². The molecule has 0 bridgehead atoms. The molecule has 0 aliphatic carbocycles. The summed E-state index contributed by atoms with van der Waals surface area (Å²) in [5, 5.41) is 12.1. The standard InChI is InChI=1S/C42H50N6O5S/c1-8-9-36(46(5)42(51)33(25-43)24-39-44-16-21-54-39)31-13-10-30(11-14-31)12-15-40(49)48-19-17-47(18-20-48)27-35-37(52-6)22-32(23-38(35)53-7)34-26-45(4)41(50)29(3)28(34)2/h10-11,13-14,16,21-24,26,36H,8-9,12,15,17-20,27H2,1-7H3. The summed E-state index contributed by atoms with van der Waals surface area (Å²) in [7, 11) is 6.81. The summed E-state index contributed by atoms with van der Waals surface area (Å²) in [5.74, 6) is 1.23. The molecule has 2 amide bonds. The number of carbonyl (C=O) groups is 2. The number of likely N-dealkylation sites (N-methyl/N-ethyl adjacent to an activating group) is 1. The second-order valence-corrected chi connectivity index (χ2v) is 14.7. The minimum atomic E-state index is -0.333. The van der Waals surface area contributed by atoms with Gasteiger partial charge in [-0.3, -0.25) is 19.3 Å². The number of benzene rings is 2. The number of rotatable bonds is 14. The van der Waals surface area contributed by atoms with Crippen LogP contribution in [0, 0.1) is 25.2 Å². The molecule has 12 heteroatoms. The van der Waals surface area contributed by atoms with Crippen LogP contribution in [0.5, 0.6) is 11.5 Å². The van der Waals surface area contributed by atoms with E-state index in [2.05, 4.69) is 16.8 Å². The van der Waals surface area contributed by atoms with Gasteiger partial charge in [0, 0.05) is 82.1 Å². The first-order valence-corrected chi connectivity index (χ1v) is 19.2. The highest BCUT2D eigenvalue weighted by molar-refractivity contribution is 7.10. The molecule has 1 unspecified atom stereocenters. The normalized spacial score (nSPS) is 14.0. The van der Waals surface area contributed by atoms with Crippen LogP contribution in [0.4, 0.5) is 0 Å². The number of nitriles is 1. The summed E-state index contributed by atoms with van der Waals surface area (Å²) in [6.45, 7) is 9.23. The van der Waals surface area contributed by atoms with E-state index < -0.39 is 0 Å². The number of piperazine rings is 1. The van der Waals surface area contributed by atoms with Gasteiger partial charge in [0.1, 0.15) is 28.1 Å². The average Bonchev–Trinajstić information content (AvgIpc) is 3.72. The molecule has 0 N–H and O–H groups in total. The van der Waals surface area contributed by atoms with Gasteiger partial charge in [-0.2, -0.15) is 5.26 Å². The monoisotopic (exact) mass is 750 g/mol. The summed E-state index contributed by atoms with van der Waals surface area (Å²) in [5.41, 5.74) is 6.55. The Bertz CT molecular complexity index is 2050. The molecule has 4 aromatic rings. The highest BCUT2D eigenvalue weighted by atomic mass is 32.1. The van der Waals surface area contributed by atoms with Gasteiger partial charge in [-0.05, 0) is 67.2 Å². The van der Waals surface area contributed by atoms with E-state index in [0.29, 0.717) is 43.0 Å². The molecule has 2 aromatic heterocycles. The van der Waals surface area contributed by atoms with Gasteiger partial charge in [0.05, 0.1) is 25.8 Å². The van der Waals surface area contributed by atoms with Crippen LogP contribution in [0.15, 0.2) is 64.5 Å². The summed E-state index contributed by atoms with van der Waals surface area (Å²) in [6.07, 6.45) is 7.70. The lowest BCUT2D eigenvalue weighted by Gasteiger charge is -2.35. The topological polar surface area (TPSA) is 121 Å². The molecule has 1 atom stereocenters. The number of pyridine rings is 1. The number of aromatic nitrogens is 2. The molecule has 11 nitrogen and oxygen atoms in total. The number of nitrogens with zero attached hydrogens (tertiary/aromatic N) is 6. The molecular formula is C42H50N6O5S. The summed E-state index contributed by atoms with van der Waals surface area (Å²) < 4.78 is 13.3. The van der Waals surface area contributed by atoms with Crippen molar-refractivity contribution in [3.05, 3.63) is 103 Å². The van der Waals surface area contributed by atoms with Crippen molar-refractivity contribution >= 4 is 29.2 Å². The van der Waals surface area contributed by atoms with E-state index in [1.54, 1.807) is 50.1 Å². The first-order chi connectivity index (χ1) is 26.0. The number of methoxy groups -OCH3 is 2. The van der Waals surface area contributed by atoms with Gasteiger partial charge in [0.2, 0.25) is 5.91 Å². The van der Waals surface area contributed by atoms with Crippen LogP contribution in [0.1, 0.15) is 65.1 Å². The van der Waals surface area contributed by atoms with E-state index in [-0.39, 0.29) is 29.0 Å². The fraction of sp³-hybridized carbons (Fsp3) is 0.405. The molecule has 0 saturated carbocycles. The summed E-state index contributed by atoms with van der Waals surface area (Å²) in [6, 6.07) is 14.0. The molecule has 1 saturated heterocycles. The Morgan fingerprint density at radius 2 is 1.72 bits per heavy atom. The second-order valence-electron chi connectivity index (χ2n) is 13.7. The molecule has 1 aliphatic rings. The van der Waals surface area contributed by atoms with E-state index >= 15 is 0 Å². The molecule has 5 rings (SSSR count). The lowest BCUT2D eigenvalue weighted by molar-refractivity contribution is -0.133. The predicted molar refractivity (Wildman–Crippen MR) is 212 cm³/mol. The van der Waals surface area contributed by atoms with E-state index in [1.165, 1.54) is 11.3 Å². The minimum absolute atomic E-state index is 0.0113. The molecular weight excluding hydrogens is 701 g/mol. The molecule has 3 heterocycles. The first kappa shape index (κ1) is 39.9. The third-order valence-corrected chi connectivity index (χ3v) is 11.1. The van der Waals surface area contributed by atoms with Gasteiger partial charge >= 0.3 is 0 Å². The van der Waals surface area contributed by atoms with Crippen molar-refractivity contribution in [3.63, 3.8) is 0 Å². The van der Waals surface area contributed by atoms with E-state index in [4.69, 9.17) is 9.47 Å². The minimum Gasteiger partial charge on any atom is -0.496 e. The van der Waals surface area contributed by atoms with Gasteiger partial charge in [0.25, 0.3) is 11.5 Å². The Balaban J connectivity index is 1.17. The number of aryl methyl sites for hydroxylation is 2. The van der Waals surface area contributed by atoms with Gasteiger partial charge in [-0.1, -0.05) is 37.6 Å². The van der Waals surface area contributed by atoms with Crippen LogP contribution in [0.25, 0.3) is 17.2 Å². The maximum Gasteiger partial charge on any atom is 0.264 e. The molecule has 54 heavy (non-hydrogen) atoms. The maximum absolute atomic E-state index is 13.3. The molecule has 0 spiro atoms. The van der Waals surface area contributed by atoms with Crippen LogP contribution in [0.2, 0.25) is 0 Å². The first-order valence-electron chi connectivity index (χ1n) is 18.3. The lowest BCUT2D eigenvalue weighted by atomic mass is 9.97. The third kappa shape index (κ3) is 9.09. The van der Waals surface area contributed by atoms with E-state index in [0.717, 1.165) is 70.8 Å². The van der Waals surface area contributed by atoms with Crippen molar-refractivity contribution < 1.29 is 19.1 Å². The van der Waals surface area contributed by atoms with Crippen molar-refractivity contribution in [2.24, 2.45) is 7.05 Å². The maximum atomic E-state index is 13.3. The van der Waals surface area contributed by atoms with Crippen LogP contribution >= 0.6 is 11.3 Å². The van der Waals surface area contributed by atoms with Crippen LogP contribution < -0.4 is 15.0 Å². The Hall–Kier alpha value is -5.25. The van der Waals surface area contributed by atoms with Gasteiger partial charge < -0.3 is 23.8 Å². The number of ether oxygens (including phenoxy) is 2. The fourth-order valence-corrected chi connectivity index (χ4v) is 7.59. The van der Waals surface area contributed by atoms with Crippen molar-refractivity contribution in [2.75, 3.05) is 47.4 Å². The second kappa shape index (κ2) is 18.2.